The van der Waals surface area contributed by atoms with Crippen LogP contribution in [0, 0.1) is 6.92 Å². The number of ether oxygens (including phenoxy) is 1. The predicted molar refractivity (Wildman–Crippen MR) is 133 cm³/mol. The van der Waals surface area contributed by atoms with Crippen molar-refractivity contribution in [3.8, 4) is 11.5 Å². The minimum Gasteiger partial charge on any atom is -0.457 e. The van der Waals surface area contributed by atoms with E-state index in [2.05, 4.69) is 54.5 Å². The fraction of sp³-hybridized carbons (Fsp3) is 0.111. The maximum absolute atomic E-state index is 5.91. The monoisotopic (exact) mass is 427 g/mol. The van der Waals surface area contributed by atoms with Crippen LogP contribution in [0.4, 0.5) is 5.69 Å². The van der Waals surface area contributed by atoms with Crippen LogP contribution in [-0.2, 0) is 0 Å². The molecule has 31 heavy (non-hydrogen) atoms. The Morgan fingerprint density at radius 1 is 0.935 bits per heavy atom. The fourth-order valence-corrected chi connectivity index (χ4v) is 3.89. The number of thiocarbonyl (C=S) groups is 1. The number of rotatable bonds is 4. The van der Waals surface area contributed by atoms with E-state index in [1.807, 2.05) is 54.6 Å². The van der Waals surface area contributed by atoms with Gasteiger partial charge in [-0.3, -0.25) is 4.90 Å². The van der Waals surface area contributed by atoms with Crippen LogP contribution in [0.1, 0.15) is 24.0 Å². The Hall–Kier alpha value is -3.43. The molecule has 0 amide bonds. The fourth-order valence-electron chi connectivity index (χ4n) is 3.60. The molecule has 4 rings (SSSR count). The van der Waals surface area contributed by atoms with Gasteiger partial charge in [-0.25, -0.2) is 0 Å². The Morgan fingerprint density at radius 3 is 2.32 bits per heavy atom. The average Bonchev–Trinajstić information content (AvgIpc) is 2.76. The molecule has 0 radical (unpaired) electrons. The number of nitrogens with zero attached hydrogens (tertiary/aromatic N) is 1. The summed E-state index contributed by atoms with van der Waals surface area (Å²) in [5.74, 6) is 1.60. The minimum absolute atomic E-state index is 0. The second-order valence-electron chi connectivity index (χ2n) is 7.25. The summed E-state index contributed by atoms with van der Waals surface area (Å²) in [7, 11) is 0. The SMILES string of the molecule is C=C=C1/C(=C/c2cccc(C)c2)CCC(=S)N1c1ccc(Oc2ccccc2)cc1.O. The smallest absolute Gasteiger partial charge is 0.127 e. The molecule has 0 saturated carbocycles. The van der Waals surface area contributed by atoms with Gasteiger partial charge < -0.3 is 10.2 Å². The van der Waals surface area contributed by atoms with Crippen molar-refractivity contribution in [2.45, 2.75) is 19.8 Å². The molecular formula is C27H25NO2S. The number of piperidine rings is 1. The first-order valence-corrected chi connectivity index (χ1v) is 10.4. The van der Waals surface area contributed by atoms with E-state index >= 15 is 0 Å². The molecule has 0 bridgehead atoms. The van der Waals surface area contributed by atoms with Crippen molar-refractivity contribution < 1.29 is 10.2 Å². The molecule has 1 aliphatic rings. The topological polar surface area (TPSA) is 44.0 Å². The Morgan fingerprint density at radius 2 is 1.65 bits per heavy atom. The van der Waals surface area contributed by atoms with Gasteiger partial charge in [0.15, 0.2) is 0 Å². The lowest BCUT2D eigenvalue weighted by Gasteiger charge is -2.33. The van der Waals surface area contributed by atoms with Gasteiger partial charge in [-0.2, -0.15) is 0 Å². The molecule has 1 fully saturated rings. The van der Waals surface area contributed by atoms with Gasteiger partial charge in [0, 0.05) is 12.1 Å². The average molecular weight is 428 g/mol. The molecule has 3 aromatic carbocycles. The summed E-state index contributed by atoms with van der Waals surface area (Å²) >= 11 is 5.71. The van der Waals surface area contributed by atoms with Gasteiger partial charge >= 0.3 is 0 Å². The van der Waals surface area contributed by atoms with Crippen LogP contribution in [-0.4, -0.2) is 10.5 Å². The molecule has 3 aromatic rings. The summed E-state index contributed by atoms with van der Waals surface area (Å²) in [5.41, 5.74) is 8.64. The van der Waals surface area contributed by atoms with E-state index in [0.717, 1.165) is 40.7 Å². The van der Waals surface area contributed by atoms with Gasteiger partial charge in [0.1, 0.15) is 11.5 Å². The summed E-state index contributed by atoms with van der Waals surface area (Å²) < 4.78 is 5.91. The van der Waals surface area contributed by atoms with Crippen LogP contribution in [0.15, 0.2) is 102 Å². The molecule has 1 aliphatic heterocycles. The van der Waals surface area contributed by atoms with Crippen molar-refractivity contribution in [1.82, 2.24) is 0 Å². The van der Waals surface area contributed by atoms with Gasteiger partial charge in [-0.05, 0) is 67.0 Å². The van der Waals surface area contributed by atoms with E-state index in [4.69, 9.17) is 17.0 Å². The maximum Gasteiger partial charge on any atom is 0.127 e. The van der Waals surface area contributed by atoms with E-state index in [1.165, 1.54) is 16.7 Å². The summed E-state index contributed by atoms with van der Waals surface area (Å²) in [6, 6.07) is 26.2. The van der Waals surface area contributed by atoms with E-state index in [9.17, 15) is 0 Å². The molecule has 0 unspecified atom stereocenters. The quantitative estimate of drug-likeness (QED) is 0.346. The van der Waals surface area contributed by atoms with E-state index < -0.39 is 0 Å². The number of anilines is 1. The highest BCUT2D eigenvalue weighted by Crippen LogP contribution is 2.35. The number of hydrogen-bond acceptors (Lipinski definition) is 2. The number of allylic oxidation sites excluding steroid dienone is 1. The van der Waals surface area contributed by atoms with Crippen molar-refractivity contribution >= 4 is 29.0 Å². The normalized spacial score (nSPS) is 14.7. The third-order valence-corrected chi connectivity index (χ3v) is 5.40. The molecule has 0 aliphatic carbocycles. The lowest BCUT2D eigenvalue weighted by atomic mass is 9.97. The number of para-hydroxylation sites is 1. The van der Waals surface area contributed by atoms with Crippen LogP contribution in [0.5, 0.6) is 11.5 Å². The van der Waals surface area contributed by atoms with Gasteiger partial charge in [0.2, 0.25) is 0 Å². The van der Waals surface area contributed by atoms with E-state index in [0.29, 0.717) is 0 Å². The minimum atomic E-state index is 0. The Bertz CT molecular complexity index is 1140. The number of benzene rings is 3. The molecule has 2 N–H and O–H groups in total. The second-order valence-corrected chi connectivity index (χ2v) is 7.72. The first kappa shape index (κ1) is 22.3. The largest absolute Gasteiger partial charge is 0.457 e. The van der Waals surface area contributed by atoms with Crippen molar-refractivity contribution in [2.75, 3.05) is 4.90 Å². The van der Waals surface area contributed by atoms with Gasteiger partial charge in [0.05, 0.1) is 10.7 Å². The number of hydrogen-bond donors (Lipinski definition) is 0. The predicted octanol–water partition coefficient (Wildman–Crippen LogP) is 6.64. The van der Waals surface area contributed by atoms with Crippen molar-refractivity contribution in [3.05, 3.63) is 114 Å². The molecule has 0 aromatic heterocycles. The summed E-state index contributed by atoms with van der Waals surface area (Å²) in [6.07, 6.45) is 3.92. The van der Waals surface area contributed by atoms with Gasteiger partial charge in [-0.15, -0.1) is 5.73 Å². The van der Waals surface area contributed by atoms with Crippen LogP contribution < -0.4 is 9.64 Å². The lowest BCUT2D eigenvalue weighted by Crippen LogP contribution is -2.33. The van der Waals surface area contributed by atoms with E-state index in [1.54, 1.807) is 0 Å². The zero-order chi connectivity index (χ0) is 20.9. The first-order chi connectivity index (χ1) is 14.6. The molecule has 0 spiro atoms. The van der Waals surface area contributed by atoms with Crippen LogP contribution >= 0.6 is 12.2 Å². The standard InChI is InChI=1S/C27H23NOS.H2O/c1-3-26-22(19-21-9-7-8-20(2)18-21)12-17-27(30)28(26)23-13-15-25(16-14-23)29-24-10-5-4-6-11-24;/h4-11,13-16,18-19H,1,12,17H2,2H3;1H2/b22-19+;. The zero-order valence-corrected chi connectivity index (χ0v) is 18.3. The number of aryl methyl sites for hydroxylation is 1. The van der Waals surface area contributed by atoms with E-state index in [-0.39, 0.29) is 5.48 Å². The van der Waals surface area contributed by atoms with Crippen molar-refractivity contribution in [1.29, 1.82) is 0 Å². The molecule has 3 nitrogen and oxygen atoms in total. The summed E-state index contributed by atoms with van der Waals surface area (Å²) in [6.45, 7) is 6.05. The van der Waals surface area contributed by atoms with Crippen LogP contribution in [0.2, 0.25) is 0 Å². The Labute approximate surface area is 188 Å². The van der Waals surface area contributed by atoms with Crippen molar-refractivity contribution in [2.24, 2.45) is 0 Å². The third kappa shape index (κ3) is 5.19. The van der Waals surface area contributed by atoms with Crippen LogP contribution in [0.25, 0.3) is 6.08 Å². The first-order valence-electron chi connectivity index (χ1n) is 9.97. The molecular weight excluding hydrogens is 402 g/mol. The Balaban J connectivity index is 0.00000272. The summed E-state index contributed by atoms with van der Waals surface area (Å²) in [5, 5.41) is 0. The molecule has 1 heterocycles. The Kier molecular flexibility index (Phi) is 7.22. The third-order valence-electron chi connectivity index (χ3n) is 5.01. The second kappa shape index (κ2) is 10.1. The summed E-state index contributed by atoms with van der Waals surface area (Å²) in [4.78, 5) is 2.94. The highest BCUT2D eigenvalue weighted by atomic mass is 32.1. The van der Waals surface area contributed by atoms with Gasteiger partial charge in [-0.1, -0.05) is 66.8 Å². The lowest BCUT2D eigenvalue weighted by molar-refractivity contribution is 0.483. The van der Waals surface area contributed by atoms with Crippen LogP contribution in [0.3, 0.4) is 0 Å². The van der Waals surface area contributed by atoms with Gasteiger partial charge in [0.25, 0.3) is 0 Å². The molecule has 0 atom stereocenters. The maximum atomic E-state index is 5.91. The highest BCUT2D eigenvalue weighted by molar-refractivity contribution is 7.80. The molecule has 1 saturated heterocycles. The zero-order valence-electron chi connectivity index (χ0n) is 17.5. The van der Waals surface area contributed by atoms with Crippen molar-refractivity contribution in [3.63, 3.8) is 0 Å². The highest BCUT2D eigenvalue weighted by Gasteiger charge is 2.25. The molecule has 156 valence electrons. The molecule has 4 heteroatoms.